The lowest BCUT2D eigenvalue weighted by Crippen LogP contribution is -2.47. The van der Waals surface area contributed by atoms with Crippen LogP contribution in [0.5, 0.6) is 0 Å². The molecule has 0 bridgehead atoms. The number of hydrogen-bond donors (Lipinski definition) is 1. The molecule has 3 atom stereocenters. The van der Waals surface area contributed by atoms with E-state index in [1.807, 2.05) is 33.3 Å². The summed E-state index contributed by atoms with van der Waals surface area (Å²) in [5, 5.41) is 3.04. The van der Waals surface area contributed by atoms with Gasteiger partial charge in [0, 0.05) is 12.8 Å². The van der Waals surface area contributed by atoms with E-state index in [9.17, 15) is 19.0 Å². The fourth-order valence-electron chi connectivity index (χ4n) is 10.4. The van der Waals surface area contributed by atoms with E-state index >= 15 is 0 Å². The van der Waals surface area contributed by atoms with Crippen LogP contribution in [-0.4, -0.2) is 69.4 Å². The average Bonchev–Trinajstić information content (AvgIpc) is 3.51. The van der Waals surface area contributed by atoms with Gasteiger partial charge in [0.15, 0.2) is 0 Å². The van der Waals surface area contributed by atoms with E-state index in [0.29, 0.717) is 17.4 Å². The van der Waals surface area contributed by atoms with E-state index in [0.717, 1.165) is 70.6 Å². The summed E-state index contributed by atoms with van der Waals surface area (Å²) >= 11 is 0. The van der Waals surface area contributed by atoms with E-state index in [1.165, 1.54) is 238 Å². The number of nitrogens with zero attached hydrogens (tertiary/aromatic N) is 1. The molecular formula is C73H137N2O7P. The van der Waals surface area contributed by atoms with Crippen molar-refractivity contribution in [1.29, 1.82) is 0 Å². The lowest BCUT2D eigenvalue weighted by atomic mass is 10.0. The van der Waals surface area contributed by atoms with E-state index in [1.54, 1.807) is 0 Å². The molecule has 0 aliphatic carbocycles. The van der Waals surface area contributed by atoms with Crippen molar-refractivity contribution in [3.8, 4) is 0 Å². The Labute approximate surface area is 515 Å². The number of esters is 1. The smallest absolute Gasteiger partial charge is 0.306 e. The molecule has 0 aromatic carbocycles. The number of nitrogens with one attached hydrogen (secondary N) is 1. The normalized spacial score (nSPS) is 13.9. The summed E-state index contributed by atoms with van der Waals surface area (Å²) < 4.78 is 30.4. The standard InChI is InChI=1S/C73H137N2O7P/c1-7-10-13-16-19-22-25-27-29-31-33-35-36-37-38-40-42-44-46-48-51-54-57-60-63-66-73(77)82-71(64-61-58-55-52-49-24-21-18-15-12-9-3)70(69-81-83(78,79)80-68-67-75(4,5)6)74-72(76)65-62-59-56-53-50-47-45-43-41-39-34-32-30-28-26-23-20-17-14-11-8-2/h19-20,22-23,27-30,61,64,70-71H,7-18,21,24-26,31-60,62-63,65-69H2,1-6H3,(H-,74,76,78,79)/b22-19-,23-20-,29-27-,30-28-,64-61+. The molecule has 0 aromatic rings. The molecule has 0 rings (SSSR count). The first-order valence-corrected chi connectivity index (χ1v) is 37.1. The highest BCUT2D eigenvalue weighted by Crippen LogP contribution is 2.38. The van der Waals surface area contributed by atoms with Crippen LogP contribution < -0.4 is 10.2 Å². The van der Waals surface area contributed by atoms with Crippen molar-refractivity contribution in [2.75, 3.05) is 40.9 Å². The van der Waals surface area contributed by atoms with Crippen LogP contribution >= 0.6 is 7.82 Å². The van der Waals surface area contributed by atoms with Gasteiger partial charge in [0.25, 0.3) is 7.82 Å². The number of phosphoric ester groups is 1. The first-order valence-electron chi connectivity index (χ1n) is 35.6. The minimum Gasteiger partial charge on any atom is -0.756 e. The van der Waals surface area contributed by atoms with E-state index in [2.05, 4.69) is 74.7 Å². The van der Waals surface area contributed by atoms with Gasteiger partial charge in [-0.25, -0.2) is 0 Å². The molecule has 1 N–H and O–H groups in total. The first kappa shape index (κ1) is 80.7. The fourth-order valence-corrected chi connectivity index (χ4v) is 11.1. The van der Waals surface area contributed by atoms with Gasteiger partial charge in [-0.05, 0) is 96.0 Å². The second kappa shape index (κ2) is 62.8. The first-order chi connectivity index (χ1) is 40.4. The number of unbranched alkanes of at least 4 members (excludes halogenated alkanes) is 41. The summed E-state index contributed by atoms with van der Waals surface area (Å²) in [6, 6.07) is -0.890. The monoisotopic (exact) mass is 1190 g/mol. The van der Waals surface area contributed by atoms with Crippen LogP contribution in [0.2, 0.25) is 0 Å². The van der Waals surface area contributed by atoms with Crippen LogP contribution in [0.15, 0.2) is 60.8 Å². The molecule has 1 amide bonds. The van der Waals surface area contributed by atoms with Crippen LogP contribution in [0.25, 0.3) is 0 Å². The lowest BCUT2D eigenvalue weighted by Gasteiger charge is -2.30. The quantitative estimate of drug-likeness (QED) is 0.0212. The molecule has 0 aromatic heterocycles. The Balaban J connectivity index is 5.00. The topological polar surface area (TPSA) is 114 Å². The molecule has 0 heterocycles. The summed E-state index contributed by atoms with van der Waals surface area (Å²) in [7, 11) is 1.19. The Kier molecular flexibility index (Phi) is 61.0. The van der Waals surface area contributed by atoms with Gasteiger partial charge in [0.05, 0.1) is 33.8 Å². The van der Waals surface area contributed by atoms with E-state index in [4.69, 9.17) is 13.8 Å². The predicted molar refractivity (Wildman–Crippen MR) is 358 cm³/mol. The van der Waals surface area contributed by atoms with Gasteiger partial charge in [-0.3, -0.25) is 14.2 Å². The number of rotatable bonds is 65. The van der Waals surface area contributed by atoms with Gasteiger partial charge in [-0.1, -0.05) is 294 Å². The molecule has 0 saturated heterocycles. The van der Waals surface area contributed by atoms with E-state index in [-0.39, 0.29) is 31.5 Å². The summed E-state index contributed by atoms with van der Waals surface area (Å²) in [5.41, 5.74) is 0. The molecule has 486 valence electrons. The second-order valence-corrected chi connectivity index (χ2v) is 26.8. The van der Waals surface area contributed by atoms with Crippen molar-refractivity contribution >= 4 is 19.7 Å². The maximum atomic E-state index is 13.6. The molecule has 0 radical (unpaired) electrons. The number of likely N-dealkylation sites (N-methyl/N-ethyl adjacent to an activating group) is 1. The minimum atomic E-state index is -4.70. The maximum Gasteiger partial charge on any atom is 0.306 e. The molecule has 0 aliphatic heterocycles. The molecular weight excluding hydrogens is 1050 g/mol. The molecule has 9 nitrogen and oxygen atoms in total. The van der Waals surface area contributed by atoms with Crippen molar-refractivity contribution in [3.05, 3.63) is 60.8 Å². The second-order valence-electron chi connectivity index (χ2n) is 25.4. The number of hydrogen-bond acceptors (Lipinski definition) is 7. The highest BCUT2D eigenvalue weighted by molar-refractivity contribution is 7.45. The zero-order chi connectivity index (χ0) is 60.7. The van der Waals surface area contributed by atoms with Gasteiger partial charge in [-0.15, -0.1) is 0 Å². The number of amides is 1. The van der Waals surface area contributed by atoms with Gasteiger partial charge < -0.3 is 28.5 Å². The van der Waals surface area contributed by atoms with E-state index < -0.39 is 20.0 Å². The van der Waals surface area contributed by atoms with Crippen LogP contribution in [-0.2, 0) is 27.9 Å². The third-order valence-corrected chi connectivity index (χ3v) is 16.9. The highest BCUT2D eigenvalue weighted by Gasteiger charge is 2.27. The zero-order valence-electron chi connectivity index (χ0n) is 55.7. The number of quaternary nitrogens is 1. The number of ether oxygens (including phenoxy) is 1. The lowest BCUT2D eigenvalue weighted by molar-refractivity contribution is -0.870. The molecule has 0 saturated carbocycles. The average molecular weight is 1190 g/mol. The summed E-state index contributed by atoms with van der Waals surface area (Å²) in [6.45, 7) is 6.83. The Morgan fingerprint density at radius 3 is 1.11 bits per heavy atom. The highest BCUT2D eigenvalue weighted by atomic mass is 31.2. The SMILES string of the molecule is CCCCC/C=C\C/C=C\CCCCCCCCCCCCCCCCCC(=O)OC(/C=C/CCCCCCCCCCC)C(COP(=O)([O-])OCC[N+](C)(C)C)NC(=O)CCCCCCCCCCCCC/C=C\C/C=C\CCCCC. The third-order valence-electron chi connectivity index (χ3n) is 15.9. The fraction of sp³-hybridized carbons (Fsp3) is 0.836. The van der Waals surface area contributed by atoms with Crippen LogP contribution in [0, 0.1) is 0 Å². The molecule has 10 heteroatoms. The third kappa shape index (κ3) is 64.0. The summed E-state index contributed by atoms with van der Waals surface area (Å²) in [5.74, 6) is -0.531. The van der Waals surface area contributed by atoms with Gasteiger partial charge >= 0.3 is 5.97 Å². The Morgan fingerprint density at radius 1 is 0.422 bits per heavy atom. The number of carbonyl (C=O) groups excluding carboxylic acids is 2. The van der Waals surface area contributed by atoms with Crippen LogP contribution in [0.3, 0.4) is 0 Å². The maximum absolute atomic E-state index is 13.6. The largest absolute Gasteiger partial charge is 0.756 e. The van der Waals surface area contributed by atoms with Crippen molar-refractivity contribution in [3.63, 3.8) is 0 Å². The van der Waals surface area contributed by atoms with Crippen molar-refractivity contribution in [2.24, 2.45) is 0 Å². The van der Waals surface area contributed by atoms with Gasteiger partial charge in [0.1, 0.15) is 19.3 Å². The van der Waals surface area contributed by atoms with Gasteiger partial charge in [0.2, 0.25) is 5.91 Å². The van der Waals surface area contributed by atoms with Crippen molar-refractivity contribution in [2.45, 2.75) is 354 Å². The molecule has 3 unspecified atom stereocenters. The molecule has 0 fully saturated rings. The minimum absolute atomic E-state index is 0.0223. The number of allylic oxidation sites excluding steroid dienone is 9. The molecule has 83 heavy (non-hydrogen) atoms. The molecule has 0 aliphatic rings. The summed E-state index contributed by atoms with van der Waals surface area (Å²) in [6.07, 6.45) is 80.6. The number of carbonyl (C=O) groups is 2. The van der Waals surface area contributed by atoms with Crippen LogP contribution in [0.1, 0.15) is 342 Å². The Bertz CT molecular complexity index is 1600. The van der Waals surface area contributed by atoms with Crippen LogP contribution in [0.4, 0.5) is 0 Å². The predicted octanol–water partition coefficient (Wildman–Crippen LogP) is 21.9. The summed E-state index contributed by atoms with van der Waals surface area (Å²) in [4.78, 5) is 40.2. The molecule has 0 spiro atoms. The Hall–Kier alpha value is -2.29. The number of phosphoric acid groups is 1. The van der Waals surface area contributed by atoms with Gasteiger partial charge in [-0.2, -0.15) is 0 Å². The Morgan fingerprint density at radius 2 is 0.735 bits per heavy atom. The zero-order valence-corrected chi connectivity index (χ0v) is 56.6. The van der Waals surface area contributed by atoms with Crippen molar-refractivity contribution in [1.82, 2.24) is 5.32 Å². The van der Waals surface area contributed by atoms with Crippen molar-refractivity contribution < 1.29 is 37.3 Å².